The van der Waals surface area contributed by atoms with E-state index < -0.39 is 5.79 Å². The molecule has 68 valence electrons. The molecule has 3 nitrogen and oxygen atoms in total. The summed E-state index contributed by atoms with van der Waals surface area (Å²) in [6, 6.07) is 0. The Morgan fingerprint density at radius 1 is 1.33 bits per heavy atom. The van der Waals surface area contributed by atoms with Crippen LogP contribution in [0.25, 0.3) is 0 Å². The predicted molar refractivity (Wildman–Crippen MR) is 43.6 cm³/mol. The summed E-state index contributed by atoms with van der Waals surface area (Å²) in [5.74, 6) is -0.496. The van der Waals surface area contributed by atoms with Crippen molar-refractivity contribution in [2.75, 3.05) is 0 Å². The van der Waals surface area contributed by atoms with Gasteiger partial charge in [0.25, 0.3) is 0 Å². The topological polar surface area (TPSA) is 38.7 Å². The van der Waals surface area contributed by atoms with Crippen molar-refractivity contribution in [1.82, 2.24) is 0 Å². The highest BCUT2D eigenvalue weighted by molar-refractivity contribution is 5.06. The third-order valence-electron chi connectivity index (χ3n) is 2.22. The molecule has 0 amide bonds. The fourth-order valence-electron chi connectivity index (χ4n) is 1.76. The lowest BCUT2D eigenvalue weighted by molar-refractivity contribution is -0.144. The first-order chi connectivity index (χ1) is 5.57. The van der Waals surface area contributed by atoms with E-state index in [1.54, 1.807) is 6.08 Å². The summed E-state index contributed by atoms with van der Waals surface area (Å²) in [7, 11) is 0. The highest BCUT2D eigenvalue weighted by Gasteiger charge is 2.41. The molecule has 0 aromatic rings. The Hall–Kier alpha value is -0.380. The molecule has 0 bridgehead atoms. The van der Waals surface area contributed by atoms with Gasteiger partial charge in [0.05, 0.1) is 12.2 Å². The molecule has 0 unspecified atom stereocenters. The van der Waals surface area contributed by atoms with Crippen LogP contribution >= 0.6 is 0 Å². The maximum absolute atomic E-state index is 9.30. The zero-order valence-electron chi connectivity index (χ0n) is 7.36. The molecule has 0 spiro atoms. The molecule has 1 N–H and O–H groups in total. The zero-order chi connectivity index (χ0) is 8.77. The van der Waals surface area contributed by atoms with Crippen LogP contribution in [-0.4, -0.2) is 29.2 Å². The van der Waals surface area contributed by atoms with E-state index in [-0.39, 0.29) is 18.3 Å². The van der Waals surface area contributed by atoms with Crippen LogP contribution in [0, 0.1) is 0 Å². The number of rotatable bonds is 0. The molecular weight excluding hydrogens is 156 g/mol. The minimum absolute atomic E-state index is 0.0278. The van der Waals surface area contributed by atoms with Crippen molar-refractivity contribution in [3.05, 3.63) is 12.2 Å². The zero-order valence-corrected chi connectivity index (χ0v) is 7.36. The van der Waals surface area contributed by atoms with Crippen LogP contribution < -0.4 is 0 Å². The van der Waals surface area contributed by atoms with Crippen LogP contribution in [0.3, 0.4) is 0 Å². The van der Waals surface area contributed by atoms with Crippen molar-refractivity contribution >= 4 is 0 Å². The van der Waals surface area contributed by atoms with Gasteiger partial charge in [-0.15, -0.1) is 0 Å². The second-order valence-electron chi connectivity index (χ2n) is 3.83. The Bertz CT molecular complexity index is 210. The Balaban J connectivity index is 2.12. The lowest BCUT2D eigenvalue weighted by atomic mass is 10.00. The smallest absolute Gasteiger partial charge is 0.164 e. The van der Waals surface area contributed by atoms with Crippen molar-refractivity contribution in [2.45, 2.75) is 44.4 Å². The lowest BCUT2D eigenvalue weighted by Gasteiger charge is -2.20. The first-order valence-electron chi connectivity index (χ1n) is 4.29. The molecule has 2 rings (SSSR count). The van der Waals surface area contributed by atoms with E-state index >= 15 is 0 Å². The third-order valence-corrected chi connectivity index (χ3v) is 2.22. The van der Waals surface area contributed by atoms with Gasteiger partial charge >= 0.3 is 0 Å². The third kappa shape index (κ3) is 1.40. The lowest BCUT2D eigenvalue weighted by Crippen LogP contribution is -2.29. The molecule has 3 atom stereocenters. The average Bonchev–Trinajstić information content (AvgIpc) is 2.21. The van der Waals surface area contributed by atoms with E-state index in [4.69, 9.17) is 9.47 Å². The van der Waals surface area contributed by atoms with Crippen molar-refractivity contribution < 1.29 is 14.6 Å². The second-order valence-corrected chi connectivity index (χ2v) is 3.83. The number of hydrogen-bond donors (Lipinski definition) is 1. The first kappa shape index (κ1) is 8.23. The van der Waals surface area contributed by atoms with Gasteiger partial charge in [0.15, 0.2) is 5.79 Å². The number of aliphatic hydroxyl groups excluding tert-OH is 1. The fourth-order valence-corrected chi connectivity index (χ4v) is 1.76. The molecule has 1 saturated heterocycles. The SMILES string of the molecule is CC1(C)O[C@H]2C=C[C@@H](O)C[C@H]2O1. The summed E-state index contributed by atoms with van der Waals surface area (Å²) in [4.78, 5) is 0. The van der Waals surface area contributed by atoms with E-state index in [1.165, 1.54) is 0 Å². The van der Waals surface area contributed by atoms with Gasteiger partial charge in [0.2, 0.25) is 0 Å². The largest absolute Gasteiger partial charge is 0.389 e. The number of hydrogen-bond acceptors (Lipinski definition) is 3. The van der Waals surface area contributed by atoms with Gasteiger partial charge in [-0.2, -0.15) is 0 Å². The number of aliphatic hydroxyl groups is 1. The van der Waals surface area contributed by atoms with Crippen LogP contribution in [0.4, 0.5) is 0 Å². The van der Waals surface area contributed by atoms with Crippen LogP contribution in [-0.2, 0) is 9.47 Å². The molecule has 0 radical (unpaired) electrons. The Morgan fingerprint density at radius 2 is 2.08 bits per heavy atom. The summed E-state index contributed by atoms with van der Waals surface area (Å²) in [6.45, 7) is 3.79. The molecule has 0 aromatic carbocycles. The molecule has 0 saturated carbocycles. The summed E-state index contributed by atoms with van der Waals surface area (Å²) in [6.07, 6.45) is 3.98. The summed E-state index contributed by atoms with van der Waals surface area (Å²) in [5.41, 5.74) is 0. The Morgan fingerprint density at radius 3 is 2.83 bits per heavy atom. The summed E-state index contributed by atoms with van der Waals surface area (Å²) in [5, 5.41) is 9.30. The van der Waals surface area contributed by atoms with Crippen molar-refractivity contribution in [1.29, 1.82) is 0 Å². The van der Waals surface area contributed by atoms with E-state index in [0.717, 1.165) is 0 Å². The van der Waals surface area contributed by atoms with Gasteiger partial charge < -0.3 is 14.6 Å². The molecule has 12 heavy (non-hydrogen) atoms. The fraction of sp³-hybridized carbons (Fsp3) is 0.778. The minimum atomic E-state index is -0.496. The van der Waals surface area contributed by atoms with Crippen molar-refractivity contribution in [3.63, 3.8) is 0 Å². The van der Waals surface area contributed by atoms with Crippen LogP contribution in [0.1, 0.15) is 20.3 Å². The van der Waals surface area contributed by atoms with Crippen LogP contribution in [0.2, 0.25) is 0 Å². The van der Waals surface area contributed by atoms with Crippen LogP contribution in [0.5, 0.6) is 0 Å². The molecule has 3 heteroatoms. The molecular formula is C9H14O3. The molecule has 0 aromatic heterocycles. The van der Waals surface area contributed by atoms with E-state index in [0.29, 0.717) is 6.42 Å². The van der Waals surface area contributed by atoms with Gasteiger partial charge in [0.1, 0.15) is 6.10 Å². The molecule has 1 fully saturated rings. The minimum Gasteiger partial charge on any atom is -0.389 e. The molecule has 1 aliphatic heterocycles. The maximum Gasteiger partial charge on any atom is 0.164 e. The Kier molecular flexibility index (Phi) is 1.75. The van der Waals surface area contributed by atoms with Crippen molar-refractivity contribution in [2.24, 2.45) is 0 Å². The van der Waals surface area contributed by atoms with E-state index in [2.05, 4.69) is 0 Å². The molecule has 2 aliphatic rings. The number of ether oxygens (including phenoxy) is 2. The first-order valence-corrected chi connectivity index (χ1v) is 4.29. The standard InChI is InChI=1S/C9H14O3/c1-9(2)11-7-4-3-6(10)5-8(7)12-9/h3-4,6-8,10H,5H2,1-2H3/t6-,7+,8-/m1/s1. The normalized spacial score (nSPS) is 44.4. The molecule has 1 aliphatic carbocycles. The maximum atomic E-state index is 9.30. The van der Waals surface area contributed by atoms with Gasteiger partial charge in [-0.3, -0.25) is 0 Å². The quantitative estimate of drug-likeness (QED) is 0.547. The average molecular weight is 170 g/mol. The van der Waals surface area contributed by atoms with Crippen molar-refractivity contribution in [3.8, 4) is 0 Å². The van der Waals surface area contributed by atoms with Gasteiger partial charge in [-0.1, -0.05) is 12.2 Å². The van der Waals surface area contributed by atoms with Gasteiger partial charge in [-0.25, -0.2) is 0 Å². The highest BCUT2D eigenvalue weighted by atomic mass is 16.7. The number of fused-ring (bicyclic) bond motifs is 1. The highest BCUT2D eigenvalue weighted by Crippen LogP contribution is 2.33. The predicted octanol–water partition coefficient (Wildman–Crippen LogP) is 0.827. The Labute approximate surface area is 72.0 Å². The van der Waals surface area contributed by atoms with Gasteiger partial charge in [-0.05, 0) is 13.8 Å². The monoisotopic (exact) mass is 170 g/mol. The summed E-state index contributed by atoms with van der Waals surface area (Å²) < 4.78 is 11.2. The summed E-state index contributed by atoms with van der Waals surface area (Å²) >= 11 is 0. The van der Waals surface area contributed by atoms with E-state index in [9.17, 15) is 5.11 Å². The molecule has 1 heterocycles. The van der Waals surface area contributed by atoms with Gasteiger partial charge in [0, 0.05) is 6.42 Å². The van der Waals surface area contributed by atoms with Crippen LogP contribution in [0.15, 0.2) is 12.2 Å². The van der Waals surface area contributed by atoms with E-state index in [1.807, 2.05) is 19.9 Å². The second kappa shape index (κ2) is 2.55.